The Bertz CT molecular complexity index is 4830. The summed E-state index contributed by atoms with van der Waals surface area (Å²) in [6, 6.07) is 79.0. The average Bonchev–Trinajstić information content (AvgIpc) is 4.27. The highest BCUT2D eigenvalue weighted by atomic mass is 32.1. The van der Waals surface area contributed by atoms with E-state index in [2.05, 4.69) is 237 Å². The van der Waals surface area contributed by atoms with Crippen molar-refractivity contribution in [2.45, 2.75) is 0 Å². The standard InChI is InChI=1S/C62H36N6S2/c1-3-16-38(17-4-1)65-49-26-12-10-24-46(49)63-62(65)68-51-27-15-23-40(56(51)45-32-35-55-58(59(45)68)44-22-9-14-29-54(44)69-55)37-30-33-50-47(36-37)64-61(66(50)39-18-5-2-6-19-39)67-48-25-11-7-21-43(48)57-52(67)34-31-42-41-20-8-13-28-53(41)70-60(42)57/h1-36H. The second kappa shape index (κ2) is 14.4. The van der Waals surface area contributed by atoms with Crippen molar-refractivity contribution in [3.63, 3.8) is 0 Å². The van der Waals surface area contributed by atoms with Gasteiger partial charge >= 0.3 is 0 Å². The summed E-state index contributed by atoms with van der Waals surface area (Å²) in [7, 11) is 0. The molecule has 0 spiro atoms. The molecule has 10 aromatic carbocycles. The first kappa shape index (κ1) is 38.2. The summed E-state index contributed by atoms with van der Waals surface area (Å²) in [5, 5.41) is 9.92. The first-order valence-electron chi connectivity index (χ1n) is 23.6. The lowest BCUT2D eigenvalue weighted by Gasteiger charge is -2.13. The molecule has 6 heterocycles. The van der Waals surface area contributed by atoms with Crippen LogP contribution in [0.15, 0.2) is 218 Å². The summed E-state index contributed by atoms with van der Waals surface area (Å²) in [4.78, 5) is 11.2. The van der Waals surface area contributed by atoms with Crippen molar-refractivity contribution >= 4 is 129 Å². The molecule has 70 heavy (non-hydrogen) atoms. The van der Waals surface area contributed by atoms with E-state index in [1.165, 1.54) is 61.9 Å². The minimum atomic E-state index is 0.853. The Balaban J connectivity index is 0.988. The molecule has 0 atom stereocenters. The molecule has 326 valence electrons. The maximum absolute atomic E-state index is 5.69. The summed E-state index contributed by atoms with van der Waals surface area (Å²) < 4.78 is 14.6. The fraction of sp³-hybridized carbons (Fsp3) is 0. The molecule has 0 aliphatic heterocycles. The molecule has 8 heteroatoms. The molecule has 0 aliphatic carbocycles. The van der Waals surface area contributed by atoms with Crippen molar-refractivity contribution in [2.75, 3.05) is 0 Å². The van der Waals surface area contributed by atoms with Crippen molar-refractivity contribution in [1.82, 2.24) is 28.2 Å². The van der Waals surface area contributed by atoms with Crippen molar-refractivity contribution in [3.05, 3.63) is 218 Å². The zero-order chi connectivity index (χ0) is 45.6. The second-order valence-corrected chi connectivity index (χ2v) is 20.2. The van der Waals surface area contributed by atoms with Gasteiger partial charge in [0.1, 0.15) is 0 Å². The van der Waals surface area contributed by atoms with E-state index in [0.29, 0.717) is 0 Å². The lowest BCUT2D eigenvalue weighted by Crippen LogP contribution is -2.05. The highest BCUT2D eigenvalue weighted by Gasteiger charge is 2.26. The topological polar surface area (TPSA) is 45.5 Å². The summed E-state index contributed by atoms with van der Waals surface area (Å²) in [5.74, 6) is 1.71. The highest BCUT2D eigenvalue weighted by molar-refractivity contribution is 7.27. The predicted molar refractivity (Wildman–Crippen MR) is 296 cm³/mol. The summed E-state index contributed by atoms with van der Waals surface area (Å²) in [6.45, 7) is 0. The summed E-state index contributed by atoms with van der Waals surface area (Å²) in [6.07, 6.45) is 0. The molecule has 16 rings (SSSR count). The van der Waals surface area contributed by atoms with Crippen molar-refractivity contribution < 1.29 is 0 Å². The molecule has 0 unspecified atom stereocenters. The third kappa shape index (κ3) is 5.20. The quantitative estimate of drug-likeness (QED) is 0.173. The van der Waals surface area contributed by atoms with Crippen LogP contribution in [0.1, 0.15) is 0 Å². The molecule has 6 aromatic heterocycles. The number of para-hydroxylation sites is 5. The number of nitrogens with zero attached hydrogens (tertiary/aromatic N) is 6. The average molecular weight is 929 g/mol. The van der Waals surface area contributed by atoms with E-state index in [1.807, 2.05) is 22.7 Å². The molecule has 16 aromatic rings. The van der Waals surface area contributed by atoms with Crippen LogP contribution in [0.5, 0.6) is 0 Å². The molecule has 0 fully saturated rings. The first-order valence-corrected chi connectivity index (χ1v) is 25.2. The largest absolute Gasteiger partial charge is 0.279 e. The Morgan fingerprint density at radius 2 is 0.900 bits per heavy atom. The van der Waals surface area contributed by atoms with Crippen LogP contribution in [0, 0.1) is 0 Å². The van der Waals surface area contributed by atoms with Gasteiger partial charge in [-0.2, -0.15) is 0 Å². The number of hydrogen-bond donors (Lipinski definition) is 0. The van der Waals surface area contributed by atoms with Crippen molar-refractivity contribution in [3.8, 4) is 34.4 Å². The number of benzene rings is 10. The molecular weight excluding hydrogens is 893 g/mol. The summed E-state index contributed by atoms with van der Waals surface area (Å²) in [5.41, 5.74) is 12.8. The number of hydrogen-bond acceptors (Lipinski definition) is 4. The maximum atomic E-state index is 5.69. The molecular formula is C62H36N6S2. The molecule has 0 N–H and O–H groups in total. The van der Waals surface area contributed by atoms with Crippen molar-refractivity contribution in [1.29, 1.82) is 0 Å². The molecule has 0 radical (unpaired) electrons. The zero-order valence-electron chi connectivity index (χ0n) is 37.3. The number of thiophene rings is 2. The molecule has 0 bridgehead atoms. The molecule has 0 aliphatic rings. The minimum Gasteiger partial charge on any atom is -0.279 e. The summed E-state index contributed by atoms with van der Waals surface area (Å²) >= 11 is 3.72. The van der Waals surface area contributed by atoms with Gasteiger partial charge in [0.25, 0.3) is 0 Å². The van der Waals surface area contributed by atoms with Crippen molar-refractivity contribution in [2.24, 2.45) is 0 Å². The van der Waals surface area contributed by atoms with Gasteiger partial charge in [-0.25, -0.2) is 9.97 Å². The number of fused-ring (bicyclic) bond motifs is 16. The monoisotopic (exact) mass is 928 g/mol. The number of imidazole rings is 2. The fourth-order valence-corrected chi connectivity index (χ4v) is 13.8. The SMILES string of the molecule is c1ccc(-n2c(-n3c4ccccc4c4c5sc6ccccc6c5ccc43)nc3cc(-c4cccc5c4c4ccc6sc7ccccc7c6c4n5-c4nc5ccccc5n4-c4ccccc4)ccc32)cc1. The van der Waals surface area contributed by atoms with Crippen LogP contribution in [0.4, 0.5) is 0 Å². The third-order valence-electron chi connectivity index (χ3n) is 14.4. The minimum absolute atomic E-state index is 0.853. The van der Waals surface area contributed by atoms with E-state index in [9.17, 15) is 0 Å². The van der Waals surface area contributed by atoms with Crippen LogP contribution >= 0.6 is 22.7 Å². The van der Waals surface area contributed by atoms with E-state index in [1.54, 1.807) is 0 Å². The first-order chi connectivity index (χ1) is 34.7. The van der Waals surface area contributed by atoms with E-state index in [-0.39, 0.29) is 0 Å². The van der Waals surface area contributed by atoms with E-state index >= 15 is 0 Å². The zero-order valence-corrected chi connectivity index (χ0v) is 38.9. The van der Waals surface area contributed by atoms with Gasteiger partial charge in [-0.15, -0.1) is 22.7 Å². The number of aromatic nitrogens is 6. The van der Waals surface area contributed by atoms with Gasteiger partial charge in [0.05, 0.1) is 44.1 Å². The van der Waals surface area contributed by atoms with Gasteiger partial charge < -0.3 is 0 Å². The molecule has 0 saturated heterocycles. The Hall–Kier alpha value is -8.82. The van der Waals surface area contributed by atoms with E-state index < -0.39 is 0 Å². The van der Waals surface area contributed by atoms with Gasteiger partial charge in [0, 0.05) is 73.3 Å². The Morgan fingerprint density at radius 1 is 0.314 bits per heavy atom. The van der Waals surface area contributed by atoms with Gasteiger partial charge in [-0.3, -0.25) is 18.3 Å². The molecule has 0 amide bonds. The van der Waals surface area contributed by atoms with Gasteiger partial charge in [0.2, 0.25) is 11.9 Å². The lowest BCUT2D eigenvalue weighted by atomic mass is 9.98. The number of rotatable bonds is 5. The second-order valence-electron chi connectivity index (χ2n) is 18.1. The van der Waals surface area contributed by atoms with Gasteiger partial charge in [-0.1, -0.05) is 133 Å². The van der Waals surface area contributed by atoms with Crippen LogP contribution in [0.3, 0.4) is 0 Å². The van der Waals surface area contributed by atoms with Gasteiger partial charge in [0.15, 0.2) is 0 Å². The highest BCUT2D eigenvalue weighted by Crippen LogP contribution is 2.47. The Morgan fingerprint density at radius 3 is 1.70 bits per heavy atom. The van der Waals surface area contributed by atoms with Crippen LogP contribution in [0.2, 0.25) is 0 Å². The molecule has 6 nitrogen and oxygen atoms in total. The Kier molecular flexibility index (Phi) is 7.83. The van der Waals surface area contributed by atoms with Crippen LogP contribution in [0.25, 0.3) is 140 Å². The van der Waals surface area contributed by atoms with Crippen LogP contribution < -0.4 is 0 Å². The normalized spacial score (nSPS) is 12.3. The lowest BCUT2D eigenvalue weighted by molar-refractivity contribution is 0.956. The maximum Gasteiger partial charge on any atom is 0.220 e. The van der Waals surface area contributed by atoms with Crippen LogP contribution in [-0.2, 0) is 0 Å². The predicted octanol–water partition coefficient (Wildman–Crippen LogP) is 17.0. The third-order valence-corrected chi connectivity index (χ3v) is 16.7. The fourth-order valence-electron chi connectivity index (χ4n) is 11.5. The smallest absolute Gasteiger partial charge is 0.220 e. The van der Waals surface area contributed by atoms with Crippen LogP contribution in [-0.4, -0.2) is 28.2 Å². The van der Waals surface area contributed by atoms with E-state index in [0.717, 1.165) is 78.5 Å². The Labute approximate surface area is 407 Å². The van der Waals surface area contributed by atoms with E-state index in [4.69, 9.17) is 9.97 Å². The molecule has 0 saturated carbocycles. The van der Waals surface area contributed by atoms with Gasteiger partial charge in [-0.05, 0) is 96.1 Å².